The lowest BCUT2D eigenvalue weighted by Gasteiger charge is -2.25. The molecule has 0 bridgehead atoms. The van der Waals surface area contributed by atoms with E-state index in [9.17, 15) is 4.79 Å². The third-order valence-corrected chi connectivity index (χ3v) is 4.97. The van der Waals surface area contributed by atoms with Crippen LogP contribution in [0, 0.1) is 5.92 Å². The molecule has 144 valence electrons. The summed E-state index contributed by atoms with van der Waals surface area (Å²) in [6, 6.07) is 13.7. The van der Waals surface area contributed by atoms with Gasteiger partial charge in [-0.05, 0) is 36.1 Å². The molecule has 0 spiro atoms. The summed E-state index contributed by atoms with van der Waals surface area (Å²) in [6.45, 7) is 5.29. The fourth-order valence-corrected chi connectivity index (χ4v) is 3.60. The van der Waals surface area contributed by atoms with Gasteiger partial charge in [-0.3, -0.25) is 4.79 Å². The van der Waals surface area contributed by atoms with E-state index in [1.54, 1.807) is 17.1 Å². The normalized spacial score (nSPS) is 15.8. The van der Waals surface area contributed by atoms with Crippen LogP contribution in [0.5, 0.6) is 5.75 Å². The van der Waals surface area contributed by atoms with Crippen molar-refractivity contribution < 1.29 is 9.53 Å². The first kappa shape index (κ1) is 18.2. The Morgan fingerprint density at radius 3 is 2.86 bits per heavy atom. The Bertz CT molecular complexity index is 966. The SMILES string of the molecule is CC(C)c1c(C(=O)NC[C@@H]2COc3ccccc3C2)cnn1-c1ccccn1. The number of rotatable bonds is 5. The maximum absolute atomic E-state index is 12.9. The second-order valence-corrected chi connectivity index (χ2v) is 7.40. The summed E-state index contributed by atoms with van der Waals surface area (Å²) in [4.78, 5) is 17.2. The highest BCUT2D eigenvalue weighted by Crippen LogP contribution is 2.27. The van der Waals surface area contributed by atoms with E-state index in [0.717, 1.165) is 17.9 Å². The highest BCUT2D eigenvalue weighted by Gasteiger charge is 2.24. The van der Waals surface area contributed by atoms with Crippen LogP contribution >= 0.6 is 0 Å². The zero-order valence-electron chi connectivity index (χ0n) is 16.1. The van der Waals surface area contributed by atoms with E-state index in [-0.39, 0.29) is 17.7 Å². The standard InChI is InChI=1S/C22H24N4O2/c1-15(2)21-18(13-25-26(21)20-9-5-6-10-23-20)22(27)24-12-16-11-17-7-3-4-8-19(17)28-14-16/h3-10,13,15-16H,11-12,14H2,1-2H3,(H,24,27)/t16-/m1/s1. The fraction of sp³-hybridized carbons (Fsp3) is 0.318. The van der Waals surface area contributed by atoms with Crippen LogP contribution in [0.1, 0.15) is 41.4 Å². The maximum atomic E-state index is 12.9. The van der Waals surface area contributed by atoms with Crippen molar-refractivity contribution in [2.75, 3.05) is 13.2 Å². The van der Waals surface area contributed by atoms with Crippen molar-refractivity contribution in [2.24, 2.45) is 5.92 Å². The molecule has 0 fully saturated rings. The molecule has 1 atom stereocenters. The molecule has 4 rings (SSSR count). The minimum atomic E-state index is -0.107. The minimum absolute atomic E-state index is 0.107. The molecule has 3 aromatic rings. The van der Waals surface area contributed by atoms with Crippen LogP contribution in [-0.2, 0) is 6.42 Å². The lowest BCUT2D eigenvalue weighted by Crippen LogP contribution is -2.35. The second kappa shape index (κ2) is 7.84. The monoisotopic (exact) mass is 376 g/mol. The Balaban J connectivity index is 1.48. The largest absolute Gasteiger partial charge is 0.493 e. The van der Waals surface area contributed by atoms with Gasteiger partial charge in [0.25, 0.3) is 5.91 Å². The fourth-order valence-electron chi connectivity index (χ4n) is 3.60. The molecule has 0 unspecified atom stereocenters. The number of fused-ring (bicyclic) bond motifs is 1. The quantitative estimate of drug-likeness (QED) is 0.741. The molecule has 1 aromatic carbocycles. The zero-order chi connectivity index (χ0) is 19.5. The Kier molecular flexibility index (Phi) is 5.10. The van der Waals surface area contributed by atoms with Gasteiger partial charge in [-0.2, -0.15) is 5.10 Å². The van der Waals surface area contributed by atoms with Gasteiger partial charge in [-0.25, -0.2) is 9.67 Å². The first-order valence-corrected chi connectivity index (χ1v) is 9.61. The van der Waals surface area contributed by atoms with Gasteiger partial charge in [0.1, 0.15) is 5.75 Å². The number of hydrogen-bond donors (Lipinski definition) is 1. The number of carbonyl (C=O) groups is 1. The van der Waals surface area contributed by atoms with E-state index < -0.39 is 0 Å². The predicted octanol–water partition coefficient (Wildman–Crippen LogP) is 3.37. The Labute approximate surface area is 164 Å². The van der Waals surface area contributed by atoms with E-state index in [4.69, 9.17) is 4.74 Å². The van der Waals surface area contributed by atoms with Crippen LogP contribution in [0.25, 0.3) is 5.82 Å². The lowest BCUT2D eigenvalue weighted by atomic mass is 9.96. The number of para-hydroxylation sites is 1. The summed E-state index contributed by atoms with van der Waals surface area (Å²) < 4.78 is 7.57. The molecule has 1 amide bonds. The molecule has 1 aliphatic rings. The van der Waals surface area contributed by atoms with Crippen molar-refractivity contribution in [1.82, 2.24) is 20.1 Å². The molecule has 0 saturated carbocycles. The van der Waals surface area contributed by atoms with E-state index in [1.807, 2.05) is 36.4 Å². The number of ether oxygens (including phenoxy) is 1. The molecule has 2 aromatic heterocycles. The predicted molar refractivity (Wildman–Crippen MR) is 107 cm³/mol. The van der Waals surface area contributed by atoms with Crippen molar-refractivity contribution in [3.63, 3.8) is 0 Å². The molecule has 6 nitrogen and oxygen atoms in total. The van der Waals surface area contributed by atoms with Gasteiger partial charge in [0.05, 0.1) is 24.1 Å². The van der Waals surface area contributed by atoms with E-state index in [1.165, 1.54) is 5.56 Å². The molecule has 0 aliphatic carbocycles. The van der Waals surface area contributed by atoms with E-state index in [2.05, 4.69) is 35.3 Å². The van der Waals surface area contributed by atoms with Gasteiger partial charge in [0, 0.05) is 18.7 Å². The molecule has 0 saturated heterocycles. The van der Waals surface area contributed by atoms with Crippen LogP contribution in [0.2, 0.25) is 0 Å². The summed E-state index contributed by atoms with van der Waals surface area (Å²) in [7, 11) is 0. The van der Waals surface area contributed by atoms with Crippen molar-refractivity contribution in [1.29, 1.82) is 0 Å². The number of carbonyl (C=O) groups excluding carboxylic acids is 1. The van der Waals surface area contributed by atoms with Crippen molar-refractivity contribution in [3.8, 4) is 11.6 Å². The average molecular weight is 376 g/mol. The Hall–Kier alpha value is -3.15. The topological polar surface area (TPSA) is 69.0 Å². The van der Waals surface area contributed by atoms with Gasteiger partial charge in [-0.15, -0.1) is 0 Å². The van der Waals surface area contributed by atoms with Crippen LogP contribution in [-0.4, -0.2) is 33.8 Å². The van der Waals surface area contributed by atoms with Gasteiger partial charge >= 0.3 is 0 Å². The van der Waals surface area contributed by atoms with E-state index >= 15 is 0 Å². The highest BCUT2D eigenvalue weighted by atomic mass is 16.5. The van der Waals surface area contributed by atoms with Crippen molar-refractivity contribution >= 4 is 5.91 Å². The third kappa shape index (κ3) is 3.63. The number of nitrogens with zero attached hydrogens (tertiary/aromatic N) is 3. The summed E-state index contributed by atoms with van der Waals surface area (Å²) in [6.07, 6.45) is 4.26. The minimum Gasteiger partial charge on any atom is -0.493 e. The summed E-state index contributed by atoms with van der Waals surface area (Å²) >= 11 is 0. The smallest absolute Gasteiger partial charge is 0.254 e. The van der Waals surface area contributed by atoms with Crippen LogP contribution in [0.4, 0.5) is 0 Å². The van der Waals surface area contributed by atoms with E-state index in [0.29, 0.717) is 24.5 Å². The third-order valence-electron chi connectivity index (χ3n) is 4.97. The van der Waals surface area contributed by atoms with Gasteiger partial charge in [0.15, 0.2) is 5.82 Å². The summed E-state index contributed by atoms with van der Waals surface area (Å²) in [5.74, 6) is 1.94. The maximum Gasteiger partial charge on any atom is 0.254 e. The molecule has 6 heteroatoms. The number of aromatic nitrogens is 3. The van der Waals surface area contributed by atoms with Gasteiger partial charge in [0.2, 0.25) is 0 Å². The molecule has 1 aliphatic heterocycles. The van der Waals surface area contributed by atoms with Gasteiger partial charge in [-0.1, -0.05) is 38.1 Å². The van der Waals surface area contributed by atoms with Crippen LogP contribution < -0.4 is 10.1 Å². The molecule has 28 heavy (non-hydrogen) atoms. The molecular weight excluding hydrogens is 352 g/mol. The first-order valence-electron chi connectivity index (χ1n) is 9.61. The number of hydrogen-bond acceptors (Lipinski definition) is 4. The van der Waals surface area contributed by atoms with Crippen molar-refractivity contribution in [3.05, 3.63) is 71.7 Å². The Morgan fingerprint density at radius 2 is 2.07 bits per heavy atom. The number of nitrogens with one attached hydrogen (secondary N) is 1. The van der Waals surface area contributed by atoms with Gasteiger partial charge < -0.3 is 10.1 Å². The molecule has 0 radical (unpaired) electrons. The lowest BCUT2D eigenvalue weighted by molar-refractivity contribution is 0.0937. The first-order chi connectivity index (χ1) is 13.6. The molecule has 1 N–H and O–H groups in total. The zero-order valence-corrected chi connectivity index (χ0v) is 16.1. The summed E-state index contributed by atoms with van der Waals surface area (Å²) in [5.41, 5.74) is 2.65. The molecule has 3 heterocycles. The second-order valence-electron chi connectivity index (χ2n) is 7.40. The number of benzene rings is 1. The molecular formula is C22H24N4O2. The number of amides is 1. The van der Waals surface area contributed by atoms with Crippen LogP contribution in [0.3, 0.4) is 0 Å². The highest BCUT2D eigenvalue weighted by molar-refractivity contribution is 5.95. The average Bonchev–Trinajstić information content (AvgIpc) is 3.18. The Morgan fingerprint density at radius 1 is 1.25 bits per heavy atom. The van der Waals surface area contributed by atoms with Crippen LogP contribution in [0.15, 0.2) is 54.9 Å². The summed E-state index contributed by atoms with van der Waals surface area (Å²) in [5, 5.41) is 7.49. The van der Waals surface area contributed by atoms with Crippen molar-refractivity contribution in [2.45, 2.75) is 26.2 Å². The number of pyridine rings is 1.